The van der Waals surface area contributed by atoms with Gasteiger partial charge in [0.05, 0.1) is 10.9 Å². The van der Waals surface area contributed by atoms with Gasteiger partial charge in [-0.05, 0) is 33.6 Å². The van der Waals surface area contributed by atoms with Crippen LogP contribution >= 0.6 is 31.9 Å². The van der Waals surface area contributed by atoms with Gasteiger partial charge in [-0.25, -0.2) is 0 Å². The van der Waals surface area contributed by atoms with Gasteiger partial charge in [-0.2, -0.15) is 0 Å². The number of fused-ring (bicyclic) bond motifs is 1. The summed E-state index contributed by atoms with van der Waals surface area (Å²) in [5.74, 6) is 0.126. The first-order valence-corrected chi connectivity index (χ1v) is 8.21. The van der Waals surface area contributed by atoms with Crippen molar-refractivity contribution >= 4 is 48.7 Å². The molecule has 0 fully saturated rings. The number of ether oxygens (including phenoxy) is 1. The first kappa shape index (κ1) is 15.2. The van der Waals surface area contributed by atoms with E-state index in [2.05, 4.69) is 36.8 Å². The first-order chi connectivity index (χ1) is 10.6. The van der Waals surface area contributed by atoms with Gasteiger partial charge < -0.3 is 4.74 Å². The molecule has 5 heteroatoms. The normalized spacial score (nSPS) is 10.6. The van der Waals surface area contributed by atoms with E-state index in [1.165, 1.54) is 0 Å². The molecule has 0 amide bonds. The molecule has 3 rings (SSSR count). The molecule has 0 atom stereocenters. The standard InChI is InChI=1S/C17H11Br2NO2/c18-13-10-14(19)17(16-12(13)7-4-8-20-16)22-15(21)9-11-5-2-1-3-6-11/h1-8,10H,9H2. The second-order valence-corrected chi connectivity index (χ2v) is 6.41. The number of aromatic nitrogens is 1. The Hall–Kier alpha value is -1.72. The Balaban J connectivity index is 1.92. The average Bonchev–Trinajstić information content (AvgIpc) is 2.52. The summed E-state index contributed by atoms with van der Waals surface area (Å²) in [6, 6.07) is 15.1. The Morgan fingerprint density at radius 1 is 1.05 bits per heavy atom. The van der Waals surface area contributed by atoms with E-state index in [0.29, 0.717) is 15.7 Å². The second kappa shape index (κ2) is 6.58. The monoisotopic (exact) mass is 419 g/mol. The summed E-state index contributed by atoms with van der Waals surface area (Å²) in [5, 5.41) is 0.896. The number of hydrogen-bond acceptors (Lipinski definition) is 3. The van der Waals surface area contributed by atoms with Crippen molar-refractivity contribution in [3.05, 3.63) is 69.2 Å². The zero-order valence-corrected chi connectivity index (χ0v) is 14.6. The number of carbonyl (C=O) groups is 1. The molecule has 0 spiro atoms. The summed E-state index contributed by atoms with van der Waals surface area (Å²) in [7, 11) is 0. The van der Waals surface area contributed by atoms with E-state index < -0.39 is 0 Å². The van der Waals surface area contributed by atoms with Gasteiger partial charge in [-0.3, -0.25) is 9.78 Å². The fourth-order valence-corrected chi connectivity index (χ4v) is 3.51. The molecule has 0 saturated heterocycles. The number of carbonyl (C=O) groups excluding carboxylic acids is 1. The van der Waals surface area contributed by atoms with Crippen molar-refractivity contribution in [1.82, 2.24) is 4.98 Å². The van der Waals surface area contributed by atoms with E-state index >= 15 is 0 Å². The minimum absolute atomic E-state index is 0.220. The molecule has 3 nitrogen and oxygen atoms in total. The molecule has 0 bridgehead atoms. The van der Waals surface area contributed by atoms with Gasteiger partial charge in [0.1, 0.15) is 5.52 Å². The highest BCUT2D eigenvalue weighted by molar-refractivity contribution is 9.11. The number of esters is 1. The third-order valence-electron chi connectivity index (χ3n) is 3.16. The highest BCUT2D eigenvalue weighted by Gasteiger charge is 2.15. The first-order valence-electron chi connectivity index (χ1n) is 6.62. The van der Waals surface area contributed by atoms with E-state index in [4.69, 9.17) is 4.74 Å². The van der Waals surface area contributed by atoms with Crippen LogP contribution in [0.5, 0.6) is 5.75 Å². The molecule has 0 radical (unpaired) electrons. The summed E-state index contributed by atoms with van der Waals surface area (Å²) in [5.41, 5.74) is 1.56. The van der Waals surface area contributed by atoms with Crippen LogP contribution in [-0.2, 0) is 11.2 Å². The van der Waals surface area contributed by atoms with Crippen molar-refractivity contribution in [3.8, 4) is 5.75 Å². The quantitative estimate of drug-likeness (QED) is 0.446. The van der Waals surface area contributed by atoms with E-state index in [1.54, 1.807) is 6.20 Å². The molecule has 0 saturated carbocycles. The van der Waals surface area contributed by atoms with Gasteiger partial charge in [0.2, 0.25) is 0 Å². The number of hydrogen-bond donors (Lipinski definition) is 0. The van der Waals surface area contributed by atoms with Gasteiger partial charge in [-0.1, -0.05) is 52.3 Å². The van der Waals surface area contributed by atoms with Crippen molar-refractivity contribution in [2.24, 2.45) is 0 Å². The van der Waals surface area contributed by atoms with Crippen molar-refractivity contribution in [3.63, 3.8) is 0 Å². The smallest absolute Gasteiger partial charge is 0.315 e. The molecule has 22 heavy (non-hydrogen) atoms. The predicted molar refractivity (Wildman–Crippen MR) is 92.9 cm³/mol. The van der Waals surface area contributed by atoms with Crippen molar-refractivity contribution in [2.75, 3.05) is 0 Å². The molecule has 0 aliphatic carbocycles. The fourth-order valence-electron chi connectivity index (χ4n) is 2.16. The van der Waals surface area contributed by atoms with Crippen LogP contribution in [0.3, 0.4) is 0 Å². The Bertz CT molecular complexity index is 835. The number of pyridine rings is 1. The molecule has 0 aliphatic rings. The van der Waals surface area contributed by atoms with Crippen LogP contribution in [0.1, 0.15) is 5.56 Å². The molecule has 2 aromatic carbocycles. The van der Waals surface area contributed by atoms with E-state index in [9.17, 15) is 4.79 Å². The Morgan fingerprint density at radius 3 is 2.59 bits per heavy atom. The molecule has 3 aromatic rings. The largest absolute Gasteiger partial charge is 0.423 e. The number of halogens is 2. The molecule has 1 heterocycles. The van der Waals surface area contributed by atoms with Crippen molar-refractivity contribution < 1.29 is 9.53 Å². The van der Waals surface area contributed by atoms with Crippen LogP contribution in [0.15, 0.2) is 63.7 Å². The minimum atomic E-state index is -0.318. The van der Waals surface area contributed by atoms with Crippen molar-refractivity contribution in [2.45, 2.75) is 6.42 Å². The topological polar surface area (TPSA) is 39.2 Å². The summed E-state index contributed by atoms with van der Waals surface area (Å²) >= 11 is 6.93. The lowest BCUT2D eigenvalue weighted by Gasteiger charge is -2.10. The highest BCUT2D eigenvalue weighted by atomic mass is 79.9. The molecule has 0 aliphatic heterocycles. The summed E-state index contributed by atoms with van der Waals surface area (Å²) in [6.45, 7) is 0. The molecular formula is C17H11Br2NO2. The third-order valence-corrected chi connectivity index (χ3v) is 4.40. The Morgan fingerprint density at radius 2 is 1.82 bits per heavy atom. The maximum absolute atomic E-state index is 12.2. The molecule has 110 valence electrons. The van der Waals surface area contributed by atoms with Gasteiger partial charge in [0, 0.05) is 16.1 Å². The van der Waals surface area contributed by atoms with Crippen LogP contribution in [0, 0.1) is 0 Å². The Labute approximate surface area is 144 Å². The van der Waals surface area contributed by atoms with Gasteiger partial charge in [-0.15, -0.1) is 0 Å². The van der Waals surface area contributed by atoms with Crippen LogP contribution in [0.4, 0.5) is 0 Å². The molecular weight excluding hydrogens is 410 g/mol. The molecule has 0 unspecified atom stereocenters. The van der Waals surface area contributed by atoms with E-state index in [-0.39, 0.29) is 12.4 Å². The maximum atomic E-state index is 12.2. The highest BCUT2D eigenvalue weighted by Crippen LogP contribution is 2.37. The SMILES string of the molecule is O=C(Cc1ccccc1)Oc1c(Br)cc(Br)c2cccnc12. The third kappa shape index (κ3) is 3.20. The number of rotatable bonds is 3. The van der Waals surface area contributed by atoms with Crippen LogP contribution in [0.2, 0.25) is 0 Å². The Kier molecular flexibility index (Phi) is 4.55. The average molecular weight is 421 g/mol. The summed E-state index contributed by atoms with van der Waals surface area (Å²) in [4.78, 5) is 16.5. The lowest BCUT2D eigenvalue weighted by molar-refractivity contribution is -0.133. The minimum Gasteiger partial charge on any atom is -0.423 e. The molecule has 1 aromatic heterocycles. The van der Waals surface area contributed by atoms with Crippen LogP contribution < -0.4 is 4.74 Å². The van der Waals surface area contributed by atoms with E-state index in [0.717, 1.165) is 15.4 Å². The molecule has 0 N–H and O–H groups in total. The lowest BCUT2D eigenvalue weighted by Crippen LogP contribution is -2.12. The number of nitrogens with zero attached hydrogens (tertiary/aromatic N) is 1. The zero-order valence-electron chi connectivity index (χ0n) is 11.4. The van der Waals surface area contributed by atoms with Crippen LogP contribution in [-0.4, -0.2) is 11.0 Å². The van der Waals surface area contributed by atoms with Crippen molar-refractivity contribution in [1.29, 1.82) is 0 Å². The van der Waals surface area contributed by atoms with Gasteiger partial charge >= 0.3 is 5.97 Å². The lowest BCUT2D eigenvalue weighted by atomic mass is 10.1. The summed E-state index contributed by atoms with van der Waals surface area (Å²) < 4.78 is 7.13. The van der Waals surface area contributed by atoms with E-state index in [1.807, 2.05) is 48.5 Å². The van der Waals surface area contributed by atoms with Gasteiger partial charge in [0.25, 0.3) is 0 Å². The second-order valence-electron chi connectivity index (χ2n) is 4.71. The number of benzene rings is 2. The predicted octanol–water partition coefficient (Wildman–Crippen LogP) is 4.91. The van der Waals surface area contributed by atoms with Gasteiger partial charge in [0.15, 0.2) is 5.75 Å². The maximum Gasteiger partial charge on any atom is 0.315 e. The van der Waals surface area contributed by atoms with Crippen LogP contribution in [0.25, 0.3) is 10.9 Å². The fraction of sp³-hybridized carbons (Fsp3) is 0.0588. The zero-order chi connectivity index (χ0) is 15.5. The summed E-state index contributed by atoms with van der Waals surface area (Å²) in [6.07, 6.45) is 1.90.